The number of carbonyl (C=O) groups excluding carboxylic acids is 1. The number of nitrogens with one attached hydrogen (secondary N) is 2. The highest BCUT2D eigenvalue weighted by Gasteiger charge is 2.34. The lowest BCUT2D eigenvalue weighted by atomic mass is 10.00. The van der Waals surface area contributed by atoms with Crippen LogP contribution in [0.4, 0.5) is 0 Å². The van der Waals surface area contributed by atoms with Crippen LogP contribution in [0.1, 0.15) is 35.4 Å². The molecule has 2 saturated heterocycles. The number of hydrogen-bond acceptors (Lipinski definition) is 4. The second kappa shape index (κ2) is 6.57. The largest absolute Gasteiger partial charge is 0.495 e. The van der Waals surface area contributed by atoms with Crippen molar-refractivity contribution in [3.05, 3.63) is 41.3 Å². The van der Waals surface area contributed by atoms with Crippen molar-refractivity contribution in [3.63, 3.8) is 0 Å². The third-order valence-corrected chi connectivity index (χ3v) is 6.15. The van der Waals surface area contributed by atoms with Gasteiger partial charge in [-0.05, 0) is 37.3 Å². The zero-order chi connectivity index (χ0) is 16.5. The van der Waals surface area contributed by atoms with Crippen molar-refractivity contribution in [1.82, 2.24) is 10.6 Å². The smallest absolute Gasteiger partial charge is 0.265 e. The number of methoxy groups -OCH3 is 1. The second-order valence-corrected chi connectivity index (χ2v) is 7.71. The van der Waals surface area contributed by atoms with E-state index in [1.165, 1.54) is 24.2 Å². The van der Waals surface area contributed by atoms with Gasteiger partial charge in [0.15, 0.2) is 0 Å². The zero-order valence-electron chi connectivity index (χ0n) is 13.7. The van der Waals surface area contributed by atoms with Crippen molar-refractivity contribution in [2.75, 3.05) is 7.11 Å². The van der Waals surface area contributed by atoms with Gasteiger partial charge < -0.3 is 15.4 Å². The van der Waals surface area contributed by atoms with E-state index in [1.54, 1.807) is 7.11 Å². The number of piperidine rings is 1. The average Bonchev–Trinajstić information content (AvgIpc) is 3.19. The maximum absolute atomic E-state index is 12.8. The number of ether oxygens (including phenoxy) is 1. The first-order valence-corrected chi connectivity index (χ1v) is 9.34. The Labute approximate surface area is 146 Å². The van der Waals surface area contributed by atoms with Gasteiger partial charge in [0.05, 0.1) is 7.11 Å². The maximum Gasteiger partial charge on any atom is 0.265 e. The van der Waals surface area contributed by atoms with Gasteiger partial charge in [0.25, 0.3) is 5.91 Å². The number of rotatable bonds is 4. The lowest BCUT2D eigenvalue weighted by Gasteiger charge is -2.29. The molecular formula is C19H22N2O2S. The monoisotopic (exact) mass is 342 g/mol. The van der Waals surface area contributed by atoms with Crippen molar-refractivity contribution < 1.29 is 9.53 Å². The molecule has 2 N–H and O–H groups in total. The lowest BCUT2D eigenvalue weighted by Crippen LogP contribution is -2.47. The van der Waals surface area contributed by atoms with Crippen LogP contribution >= 0.6 is 11.3 Å². The van der Waals surface area contributed by atoms with Crippen LogP contribution in [0.3, 0.4) is 0 Å². The predicted molar refractivity (Wildman–Crippen MR) is 96.7 cm³/mol. The van der Waals surface area contributed by atoms with Crippen molar-refractivity contribution in [3.8, 4) is 16.2 Å². The van der Waals surface area contributed by atoms with Crippen LogP contribution in [0.2, 0.25) is 0 Å². The first-order chi connectivity index (χ1) is 11.7. The molecule has 4 nitrogen and oxygen atoms in total. The molecule has 2 atom stereocenters. The molecule has 0 radical (unpaired) electrons. The lowest BCUT2D eigenvalue weighted by molar-refractivity contribution is 0.0925. The van der Waals surface area contributed by atoms with E-state index >= 15 is 0 Å². The summed E-state index contributed by atoms with van der Waals surface area (Å²) >= 11 is 1.50. The molecule has 2 fully saturated rings. The highest BCUT2D eigenvalue weighted by atomic mass is 32.1. The molecule has 0 aliphatic carbocycles. The molecule has 0 saturated carbocycles. The molecule has 3 heterocycles. The summed E-state index contributed by atoms with van der Waals surface area (Å²) < 4.78 is 5.45. The van der Waals surface area contributed by atoms with Gasteiger partial charge in [0.2, 0.25) is 0 Å². The number of fused-ring (bicyclic) bond motifs is 2. The van der Waals surface area contributed by atoms with Crippen LogP contribution in [-0.2, 0) is 0 Å². The molecule has 2 unspecified atom stereocenters. The van der Waals surface area contributed by atoms with Crippen LogP contribution in [0, 0.1) is 0 Å². The maximum atomic E-state index is 12.8. The highest BCUT2D eigenvalue weighted by Crippen LogP contribution is 2.36. The van der Waals surface area contributed by atoms with E-state index < -0.39 is 0 Å². The Morgan fingerprint density at radius 2 is 1.92 bits per heavy atom. The summed E-state index contributed by atoms with van der Waals surface area (Å²) in [5.41, 5.74) is 1.11. The van der Waals surface area contributed by atoms with Gasteiger partial charge in [-0.25, -0.2) is 0 Å². The molecular weight excluding hydrogens is 320 g/mol. The van der Waals surface area contributed by atoms with Crippen molar-refractivity contribution in [2.24, 2.45) is 0 Å². The van der Waals surface area contributed by atoms with E-state index in [4.69, 9.17) is 4.74 Å². The summed E-state index contributed by atoms with van der Waals surface area (Å²) in [4.78, 5) is 14.5. The summed E-state index contributed by atoms with van der Waals surface area (Å²) in [6, 6.07) is 13.5. The molecule has 4 rings (SSSR count). The van der Waals surface area contributed by atoms with Crippen LogP contribution < -0.4 is 15.4 Å². The Balaban J connectivity index is 1.52. The molecule has 2 aliphatic heterocycles. The zero-order valence-corrected chi connectivity index (χ0v) is 14.6. The molecule has 126 valence electrons. The molecule has 5 heteroatoms. The van der Waals surface area contributed by atoms with Gasteiger partial charge in [-0.2, -0.15) is 0 Å². The third kappa shape index (κ3) is 3.06. The number of thiophene rings is 1. The van der Waals surface area contributed by atoms with E-state index in [-0.39, 0.29) is 11.9 Å². The second-order valence-electron chi connectivity index (χ2n) is 6.65. The Morgan fingerprint density at radius 1 is 1.21 bits per heavy atom. The van der Waals surface area contributed by atoms with E-state index in [9.17, 15) is 4.79 Å². The van der Waals surface area contributed by atoms with Crippen LogP contribution in [0.5, 0.6) is 5.75 Å². The fraction of sp³-hybridized carbons (Fsp3) is 0.421. The van der Waals surface area contributed by atoms with E-state index in [1.807, 2.05) is 24.3 Å². The normalized spacial score (nSPS) is 25.5. The minimum Gasteiger partial charge on any atom is -0.495 e. The van der Waals surface area contributed by atoms with Crippen LogP contribution in [0.25, 0.3) is 10.4 Å². The number of hydrogen-bond donors (Lipinski definition) is 2. The van der Waals surface area contributed by atoms with Gasteiger partial charge in [-0.3, -0.25) is 4.79 Å². The molecule has 1 aromatic heterocycles. The molecule has 1 aromatic carbocycles. The summed E-state index contributed by atoms with van der Waals surface area (Å²) in [7, 11) is 1.62. The van der Waals surface area contributed by atoms with Crippen molar-refractivity contribution >= 4 is 17.2 Å². The first-order valence-electron chi connectivity index (χ1n) is 8.53. The average molecular weight is 342 g/mol. The first kappa shape index (κ1) is 15.7. The number of benzene rings is 1. The molecule has 1 amide bonds. The fourth-order valence-electron chi connectivity index (χ4n) is 3.85. The fourth-order valence-corrected chi connectivity index (χ4v) is 4.89. The molecule has 2 bridgehead atoms. The van der Waals surface area contributed by atoms with E-state index in [2.05, 4.69) is 22.8 Å². The van der Waals surface area contributed by atoms with Crippen molar-refractivity contribution in [2.45, 2.75) is 43.8 Å². The number of amides is 1. The SMILES string of the molecule is COc1cc(-c2ccccc2)sc1C(=O)NC1CC2CCC(C1)N2. The number of carbonyl (C=O) groups is 1. The quantitative estimate of drug-likeness (QED) is 0.895. The van der Waals surface area contributed by atoms with Gasteiger partial charge >= 0.3 is 0 Å². The molecule has 2 aromatic rings. The van der Waals surface area contributed by atoms with Crippen LogP contribution in [0.15, 0.2) is 36.4 Å². The molecule has 2 aliphatic rings. The van der Waals surface area contributed by atoms with E-state index in [0.717, 1.165) is 23.3 Å². The Kier molecular flexibility index (Phi) is 4.29. The van der Waals surface area contributed by atoms with Crippen LogP contribution in [-0.4, -0.2) is 31.1 Å². The van der Waals surface area contributed by atoms with Gasteiger partial charge in [0, 0.05) is 23.0 Å². The minimum atomic E-state index is -0.00895. The summed E-state index contributed by atoms with van der Waals surface area (Å²) in [5, 5.41) is 6.84. The minimum absolute atomic E-state index is 0.00895. The Hall–Kier alpha value is -1.85. The van der Waals surface area contributed by atoms with E-state index in [0.29, 0.717) is 22.7 Å². The Morgan fingerprint density at radius 3 is 2.58 bits per heavy atom. The summed E-state index contributed by atoms with van der Waals surface area (Å²) in [6.45, 7) is 0. The molecule has 0 spiro atoms. The Bertz CT molecular complexity index is 716. The third-order valence-electron chi connectivity index (χ3n) is 4.99. The predicted octanol–water partition coefficient (Wildman–Crippen LogP) is 3.44. The topological polar surface area (TPSA) is 50.4 Å². The summed E-state index contributed by atoms with van der Waals surface area (Å²) in [5.74, 6) is 0.651. The standard InChI is InChI=1S/C19H22N2O2S/c1-23-16-11-17(12-5-3-2-4-6-12)24-18(16)19(22)21-15-9-13-7-8-14(10-15)20-13/h2-6,11,13-15,20H,7-10H2,1H3,(H,21,22). The highest BCUT2D eigenvalue weighted by molar-refractivity contribution is 7.17. The molecule has 24 heavy (non-hydrogen) atoms. The van der Waals surface area contributed by atoms with Crippen molar-refractivity contribution in [1.29, 1.82) is 0 Å². The van der Waals surface area contributed by atoms with Gasteiger partial charge in [-0.1, -0.05) is 30.3 Å². The van der Waals surface area contributed by atoms with Gasteiger partial charge in [-0.15, -0.1) is 11.3 Å². The van der Waals surface area contributed by atoms with Gasteiger partial charge in [0.1, 0.15) is 10.6 Å². The summed E-state index contributed by atoms with van der Waals surface area (Å²) in [6.07, 6.45) is 4.53.